The first-order valence-corrected chi connectivity index (χ1v) is 8.08. The molecule has 0 bridgehead atoms. The average Bonchev–Trinajstić information content (AvgIpc) is 3.30. The van der Waals surface area contributed by atoms with E-state index < -0.39 is 0 Å². The van der Waals surface area contributed by atoms with Crippen LogP contribution < -0.4 is 10.2 Å². The third kappa shape index (κ3) is 3.66. The van der Waals surface area contributed by atoms with Crippen molar-refractivity contribution in [1.82, 2.24) is 10.2 Å². The van der Waals surface area contributed by atoms with E-state index in [2.05, 4.69) is 34.2 Å². The van der Waals surface area contributed by atoms with Gasteiger partial charge in [0.25, 0.3) is 0 Å². The molecular formula is C16H24ClN3. The van der Waals surface area contributed by atoms with E-state index >= 15 is 0 Å². The molecule has 1 saturated carbocycles. The minimum atomic E-state index is 0.642. The van der Waals surface area contributed by atoms with E-state index in [9.17, 15) is 0 Å². The van der Waals surface area contributed by atoms with E-state index in [0.29, 0.717) is 6.04 Å². The highest BCUT2D eigenvalue weighted by Gasteiger charge is 2.24. The molecule has 3 rings (SSSR count). The fraction of sp³-hybridized carbons (Fsp3) is 0.625. The predicted molar refractivity (Wildman–Crippen MR) is 85.7 cm³/mol. The van der Waals surface area contributed by atoms with Gasteiger partial charge in [0.2, 0.25) is 0 Å². The molecule has 1 aliphatic heterocycles. The zero-order valence-corrected chi connectivity index (χ0v) is 12.9. The largest absolute Gasteiger partial charge is 0.369 e. The summed E-state index contributed by atoms with van der Waals surface area (Å²) in [6, 6.07) is 9.65. The van der Waals surface area contributed by atoms with Gasteiger partial charge in [-0.3, -0.25) is 4.90 Å². The predicted octanol–water partition coefficient (Wildman–Crippen LogP) is 2.60. The summed E-state index contributed by atoms with van der Waals surface area (Å²) in [7, 11) is 0. The first-order valence-electron chi connectivity index (χ1n) is 7.70. The molecule has 20 heavy (non-hydrogen) atoms. The van der Waals surface area contributed by atoms with Crippen LogP contribution >= 0.6 is 11.6 Å². The Bertz CT molecular complexity index is 422. The van der Waals surface area contributed by atoms with Crippen LogP contribution in [0.5, 0.6) is 0 Å². The summed E-state index contributed by atoms with van der Waals surface area (Å²) in [4.78, 5) is 5.05. The molecule has 0 amide bonds. The number of nitrogens with one attached hydrogen (secondary N) is 1. The summed E-state index contributed by atoms with van der Waals surface area (Å²) < 4.78 is 0. The molecular weight excluding hydrogens is 270 g/mol. The fourth-order valence-corrected chi connectivity index (χ4v) is 2.95. The lowest BCUT2D eigenvalue weighted by Gasteiger charge is -2.39. The van der Waals surface area contributed by atoms with Crippen LogP contribution in [0.2, 0.25) is 5.02 Å². The van der Waals surface area contributed by atoms with Gasteiger partial charge >= 0.3 is 0 Å². The maximum absolute atomic E-state index is 5.95. The molecule has 1 heterocycles. The Balaban J connectivity index is 1.47. The van der Waals surface area contributed by atoms with E-state index in [1.54, 1.807) is 0 Å². The second-order valence-corrected chi connectivity index (χ2v) is 6.47. The van der Waals surface area contributed by atoms with Crippen LogP contribution in [0.25, 0.3) is 0 Å². The van der Waals surface area contributed by atoms with Crippen LogP contribution in [-0.2, 0) is 0 Å². The van der Waals surface area contributed by atoms with Crippen molar-refractivity contribution in [3.8, 4) is 0 Å². The maximum Gasteiger partial charge on any atom is 0.0407 e. The number of halogens is 1. The van der Waals surface area contributed by atoms with Gasteiger partial charge in [0.05, 0.1) is 0 Å². The van der Waals surface area contributed by atoms with Crippen LogP contribution in [0, 0.1) is 0 Å². The molecule has 1 aliphatic carbocycles. The van der Waals surface area contributed by atoms with Crippen LogP contribution in [0.15, 0.2) is 24.3 Å². The topological polar surface area (TPSA) is 18.5 Å². The SMILES string of the molecule is CC(CNC1CC1)N1CCN(c2ccc(Cl)cc2)CC1. The smallest absolute Gasteiger partial charge is 0.0407 e. The zero-order chi connectivity index (χ0) is 13.9. The Morgan fingerprint density at radius 1 is 1.15 bits per heavy atom. The van der Waals surface area contributed by atoms with Gasteiger partial charge in [0.1, 0.15) is 0 Å². The van der Waals surface area contributed by atoms with Crippen molar-refractivity contribution in [3.05, 3.63) is 29.3 Å². The molecule has 3 nitrogen and oxygen atoms in total. The van der Waals surface area contributed by atoms with E-state index in [0.717, 1.165) is 43.8 Å². The van der Waals surface area contributed by atoms with Crippen molar-refractivity contribution >= 4 is 17.3 Å². The second-order valence-electron chi connectivity index (χ2n) is 6.03. The molecule has 110 valence electrons. The number of hydrogen-bond donors (Lipinski definition) is 1. The minimum absolute atomic E-state index is 0.642. The molecule has 4 heteroatoms. The quantitative estimate of drug-likeness (QED) is 0.900. The standard InChI is InChI=1S/C16H24ClN3/c1-13(12-18-15-4-5-15)19-8-10-20(11-9-19)16-6-2-14(17)3-7-16/h2-3,6-7,13,15,18H,4-5,8-12H2,1H3. The van der Waals surface area contributed by atoms with Gasteiger partial charge in [-0.2, -0.15) is 0 Å². The van der Waals surface area contributed by atoms with Crippen molar-refractivity contribution in [2.75, 3.05) is 37.6 Å². The summed E-state index contributed by atoms with van der Waals surface area (Å²) in [6.07, 6.45) is 2.74. The number of anilines is 1. The minimum Gasteiger partial charge on any atom is -0.369 e. The molecule has 0 radical (unpaired) electrons. The summed E-state index contributed by atoms with van der Waals surface area (Å²) in [5.74, 6) is 0. The monoisotopic (exact) mass is 293 g/mol. The third-order valence-electron chi connectivity index (χ3n) is 4.41. The summed E-state index contributed by atoms with van der Waals surface area (Å²) in [5, 5.41) is 4.45. The molecule has 1 saturated heterocycles. The molecule has 1 N–H and O–H groups in total. The van der Waals surface area contributed by atoms with E-state index in [-0.39, 0.29) is 0 Å². The van der Waals surface area contributed by atoms with Gasteiger partial charge in [0.15, 0.2) is 0 Å². The van der Waals surface area contributed by atoms with Gasteiger partial charge in [-0.25, -0.2) is 0 Å². The van der Waals surface area contributed by atoms with E-state index in [1.807, 2.05) is 12.1 Å². The van der Waals surface area contributed by atoms with Crippen LogP contribution in [-0.4, -0.2) is 49.7 Å². The molecule has 1 aromatic carbocycles. The molecule has 0 aromatic heterocycles. The number of nitrogens with zero attached hydrogens (tertiary/aromatic N) is 2. The average molecular weight is 294 g/mol. The van der Waals surface area contributed by atoms with Gasteiger partial charge in [-0.1, -0.05) is 11.6 Å². The Morgan fingerprint density at radius 2 is 1.80 bits per heavy atom. The Kier molecular flexibility index (Phi) is 4.49. The second kappa shape index (κ2) is 6.33. The van der Waals surface area contributed by atoms with Crippen LogP contribution in [0.4, 0.5) is 5.69 Å². The molecule has 2 fully saturated rings. The molecule has 2 aliphatic rings. The van der Waals surface area contributed by atoms with Crippen LogP contribution in [0.1, 0.15) is 19.8 Å². The third-order valence-corrected chi connectivity index (χ3v) is 4.66. The number of piperazine rings is 1. The van der Waals surface area contributed by atoms with Crippen molar-refractivity contribution in [2.24, 2.45) is 0 Å². The summed E-state index contributed by atoms with van der Waals surface area (Å²) in [6.45, 7) is 7.98. The number of benzene rings is 1. The molecule has 1 atom stereocenters. The number of rotatable bonds is 5. The highest BCUT2D eigenvalue weighted by molar-refractivity contribution is 6.30. The zero-order valence-electron chi connectivity index (χ0n) is 12.2. The van der Waals surface area contributed by atoms with E-state index in [4.69, 9.17) is 11.6 Å². The lowest BCUT2D eigenvalue weighted by Crippen LogP contribution is -2.52. The van der Waals surface area contributed by atoms with Crippen molar-refractivity contribution in [2.45, 2.75) is 31.8 Å². The first kappa shape index (κ1) is 14.2. The van der Waals surface area contributed by atoms with Crippen molar-refractivity contribution < 1.29 is 0 Å². The maximum atomic E-state index is 5.95. The fourth-order valence-electron chi connectivity index (χ4n) is 2.83. The normalized spacial score (nSPS) is 22.0. The summed E-state index contributed by atoms with van der Waals surface area (Å²) in [5.41, 5.74) is 1.29. The molecule has 1 aromatic rings. The van der Waals surface area contributed by atoms with Gasteiger partial charge < -0.3 is 10.2 Å². The van der Waals surface area contributed by atoms with Gasteiger partial charge in [0, 0.05) is 55.5 Å². The summed E-state index contributed by atoms with van der Waals surface area (Å²) >= 11 is 5.95. The van der Waals surface area contributed by atoms with E-state index in [1.165, 1.54) is 18.5 Å². The van der Waals surface area contributed by atoms with Crippen molar-refractivity contribution in [3.63, 3.8) is 0 Å². The Hall–Kier alpha value is -0.770. The highest BCUT2D eigenvalue weighted by Crippen LogP contribution is 2.21. The Morgan fingerprint density at radius 3 is 2.40 bits per heavy atom. The lowest BCUT2D eigenvalue weighted by atomic mass is 10.2. The van der Waals surface area contributed by atoms with Gasteiger partial charge in [-0.15, -0.1) is 0 Å². The Labute approximate surface area is 126 Å². The molecule has 1 unspecified atom stereocenters. The first-order chi connectivity index (χ1) is 9.72. The lowest BCUT2D eigenvalue weighted by molar-refractivity contribution is 0.193. The van der Waals surface area contributed by atoms with Crippen LogP contribution in [0.3, 0.4) is 0 Å². The van der Waals surface area contributed by atoms with Crippen molar-refractivity contribution in [1.29, 1.82) is 0 Å². The van der Waals surface area contributed by atoms with Gasteiger partial charge in [-0.05, 0) is 44.0 Å². The highest BCUT2D eigenvalue weighted by atomic mass is 35.5. The molecule has 0 spiro atoms. The number of hydrogen-bond acceptors (Lipinski definition) is 3.